The first-order valence-corrected chi connectivity index (χ1v) is 5.31. The summed E-state index contributed by atoms with van der Waals surface area (Å²) >= 11 is 0. The van der Waals surface area contributed by atoms with Gasteiger partial charge in [0.1, 0.15) is 5.82 Å². The van der Waals surface area contributed by atoms with Crippen LogP contribution >= 0.6 is 0 Å². The Morgan fingerprint density at radius 2 is 1.75 bits per heavy atom. The summed E-state index contributed by atoms with van der Waals surface area (Å²) in [6.45, 7) is 6.03. The van der Waals surface area contributed by atoms with Crippen molar-refractivity contribution in [3.63, 3.8) is 0 Å². The third kappa shape index (κ3) is 3.33. The van der Waals surface area contributed by atoms with E-state index in [9.17, 15) is 9.18 Å². The number of carbonyl (C=O) groups is 1. The van der Waals surface area contributed by atoms with Crippen molar-refractivity contribution in [2.45, 2.75) is 20.8 Å². The van der Waals surface area contributed by atoms with Crippen LogP contribution in [0.25, 0.3) is 0 Å². The van der Waals surface area contributed by atoms with Crippen molar-refractivity contribution in [1.29, 1.82) is 0 Å². The Hall–Kier alpha value is -1.38. The van der Waals surface area contributed by atoms with Gasteiger partial charge in [-0.25, -0.2) is 4.39 Å². The number of anilines is 1. The highest BCUT2D eigenvalue weighted by atomic mass is 19.1. The van der Waals surface area contributed by atoms with Crippen LogP contribution in [0.5, 0.6) is 0 Å². The molecule has 0 radical (unpaired) electrons. The van der Waals surface area contributed by atoms with Crippen molar-refractivity contribution < 1.29 is 9.18 Å². The SMILES string of the molecule is CN(CC(=O)C(C)(C)C)c1ccc(F)cc1. The van der Waals surface area contributed by atoms with Gasteiger partial charge in [0.05, 0.1) is 6.54 Å². The fourth-order valence-corrected chi connectivity index (χ4v) is 1.24. The Bertz CT molecular complexity index is 365. The molecule has 88 valence electrons. The van der Waals surface area contributed by atoms with E-state index in [1.165, 1.54) is 12.1 Å². The first-order valence-electron chi connectivity index (χ1n) is 5.31. The number of hydrogen-bond donors (Lipinski definition) is 0. The van der Waals surface area contributed by atoms with Crippen molar-refractivity contribution >= 4 is 11.5 Å². The Balaban J connectivity index is 2.69. The molecule has 0 unspecified atom stereocenters. The smallest absolute Gasteiger partial charge is 0.157 e. The molecule has 0 aliphatic carbocycles. The van der Waals surface area contributed by atoms with E-state index in [0.717, 1.165) is 5.69 Å². The normalized spacial score (nSPS) is 11.3. The van der Waals surface area contributed by atoms with Crippen molar-refractivity contribution in [3.05, 3.63) is 30.1 Å². The molecule has 0 N–H and O–H groups in total. The molecular formula is C13H18FNO. The number of benzene rings is 1. The van der Waals surface area contributed by atoms with E-state index < -0.39 is 0 Å². The summed E-state index contributed by atoms with van der Waals surface area (Å²) in [7, 11) is 1.83. The van der Waals surface area contributed by atoms with Gasteiger partial charge in [0.25, 0.3) is 0 Å². The van der Waals surface area contributed by atoms with Crippen LogP contribution in [0.3, 0.4) is 0 Å². The number of rotatable bonds is 3. The van der Waals surface area contributed by atoms with Gasteiger partial charge in [-0.1, -0.05) is 20.8 Å². The fourth-order valence-electron chi connectivity index (χ4n) is 1.24. The second kappa shape index (κ2) is 4.64. The van der Waals surface area contributed by atoms with Crippen LogP contribution in [0.2, 0.25) is 0 Å². The highest BCUT2D eigenvalue weighted by molar-refractivity contribution is 5.87. The molecule has 1 aromatic carbocycles. The zero-order chi connectivity index (χ0) is 12.3. The number of carbonyl (C=O) groups excluding carboxylic acids is 1. The van der Waals surface area contributed by atoms with E-state index in [1.807, 2.05) is 32.7 Å². The second-order valence-corrected chi connectivity index (χ2v) is 5.01. The highest BCUT2D eigenvalue weighted by Crippen LogP contribution is 2.18. The molecule has 1 rings (SSSR count). The first-order chi connectivity index (χ1) is 7.30. The summed E-state index contributed by atoms with van der Waals surface area (Å²) in [5.74, 6) is -0.0985. The molecule has 0 heterocycles. The molecule has 16 heavy (non-hydrogen) atoms. The summed E-state index contributed by atoms with van der Waals surface area (Å²) < 4.78 is 12.7. The van der Waals surface area contributed by atoms with Crippen LogP contribution in [-0.2, 0) is 4.79 Å². The average molecular weight is 223 g/mol. The molecule has 0 bridgehead atoms. The molecule has 2 nitrogen and oxygen atoms in total. The van der Waals surface area contributed by atoms with E-state index in [2.05, 4.69) is 0 Å². The number of nitrogens with zero attached hydrogens (tertiary/aromatic N) is 1. The quantitative estimate of drug-likeness (QED) is 0.785. The number of ketones is 1. The summed E-state index contributed by atoms with van der Waals surface area (Å²) in [4.78, 5) is 13.6. The molecule has 0 spiro atoms. The van der Waals surface area contributed by atoms with Gasteiger partial charge in [0.15, 0.2) is 5.78 Å². The lowest BCUT2D eigenvalue weighted by molar-refractivity contribution is -0.124. The van der Waals surface area contributed by atoms with Crippen LogP contribution in [0.1, 0.15) is 20.8 Å². The maximum atomic E-state index is 12.7. The molecule has 0 saturated heterocycles. The fraction of sp³-hybridized carbons (Fsp3) is 0.462. The van der Waals surface area contributed by atoms with Crippen LogP contribution in [-0.4, -0.2) is 19.4 Å². The van der Waals surface area contributed by atoms with Crippen LogP contribution in [0.15, 0.2) is 24.3 Å². The van der Waals surface area contributed by atoms with E-state index >= 15 is 0 Å². The van der Waals surface area contributed by atoms with Gasteiger partial charge in [0.2, 0.25) is 0 Å². The van der Waals surface area contributed by atoms with Crippen molar-refractivity contribution in [2.75, 3.05) is 18.5 Å². The van der Waals surface area contributed by atoms with Crippen LogP contribution in [0.4, 0.5) is 10.1 Å². The maximum absolute atomic E-state index is 12.7. The largest absolute Gasteiger partial charge is 0.367 e. The van der Waals surface area contributed by atoms with Crippen molar-refractivity contribution in [2.24, 2.45) is 5.41 Å². The third-order valence-electron chi connectivity index (χ3n) is 2.48. The van der Waals surface area contributed by atoms with Crippen molar-refractivity contribution in [1.82, 2.24) is 0 Å². The lowest BCUT2D eigenvalue weighted by atomic mass is 9.90. The number of hydrogen-bond acceptors (Lipinski definition) is 2. The zero-order valence-electron chi connectivity index (χ0n) is 10.2. The summed E-state index contributed by atoms with van der Waals surface area (Å²) in [5.41, 5.74) is 0.507. The van der Waals surface area contributed by atoms with E-state index in [4.69, 9.17) is 0 Å². The minimum Gasteiger partial charge on any atom is -0.367 e. The van der Waals surface area contributed by atoms with Gasteiger partial charge < -0.3 is 4.90 Å². The Morgan fingerprint density at radius 1 is 1.25 bits per heavy atom. The molecule has 0 aliphatic heterocycles. The highest BCUT2D eigenvalue weighted by Gasteiger charge is 2.22. The molecule has 1 aromatic rings. The summed E-state index contributed by atoms with van der Waals surface area (Å²) in [6, 6.07) is 6.14. The molecule has 3 heteroatoms. The molecule has 0 aromatic heterocycles. The maximum Gasteiger partial charge on any atom is 0.157 e. The van der Waals surface area contributed by atoms with Gasteiger partial charge >= 0.3 is 0 Å². The van der Waals surface area contributed by atoms with Crippen LogP contribution < -0.4 is 4.90 Å². The topological polar surface area (TPSA) is 20.3 Å². The molecule has 0 fully saturated rings. The minimum atomic E-state index is -0.339. The predicted molar refractivity (Wildman–Crippen MR) is 64.1 cm³/mol. The lowest BCUT2D eigenvalue weighted by Crippen LogP contribution is -2.33. The van der Waals surface area contributed by atoms with Gasteiger partial charge in [-0.05, 0) is 24.3 Å². The van der Waals surface area contributed by atoms with Gasteiger partial charge in [-0.3, -0.25) is 4.79 Å². The second-order valence-electron chi connectivity index (χ2n) is 5.01. The Labute approximate surface area is 96.1 Å². The molecular weight excluding hydrogens is 205 g/mol. The standard InChI is InChI=1S/C13H18FNO/c1-13(2,3)12(16)9-15(4)11-7-5-10(14)6-8-11/h5-8H,9H2,1-4H3. The predicted octanol–water partition coefficient (Wildman–Crippen LogP) is 2.88. The molecule has 0 atom stereocenters. The van der Waals surface area contributed by atoms with Crippen molar-refractivity contribution in [3.8, 4) is 0 Å². The average Bonchev–Trinajstić information content (AvgIpc) is 2.17. The molecule has 0 amide bonds. The number of likely N-dealkylation sites (N-methyl/N-ethyl adjacent to an activating group) is 1. The Morgan fingerprint density at radius 3 is 2.19 bits per heavy atom. The number of halogens is 1. The van der Waals surface area contributed by atoms with Gasteiger partial charge in [-0.15, -0.1) is 0 Å². The third-order valence-corrected chi connectivity index (χ3v) is 2.48. The molecule has 0 aliphatic rings. The van der Waals surface area contributed by atoms with E-state index in [1.54, 1.807) is 12.1 Å². The van der Waals surface area contributed by atoms with E-state index in [0.29, 0.717) is 6.54 Å². The Kier molecular flexibility index (Phi) is 3.68. The zero-order valence-corrected chi connectivity index (χ0v) is 10.2. The number of Topliss-reactive ketones (excluding diaryl/α,β-unsaturated/α-hetero) is 1. The monoisotopic (exact) mass is 223 g/mol. The van der Waals surface area contributed by atoms with Gasteiger partial charge in [-0.2, -0.15) is 0 Å². The lowest BCUT2D eigenvalue weighted by Gasteiger charge is -2.23. The molecule has 0 saturated carbocycles. The summed E-state index contributed by atoms with van der Waals surface area (Å²) in [6.07, 6.45) is 0. The minimum absolute atomic E-state index is 0.166. The summed E-state index contributed by atoms with van der Waals surface area (Å²) in [5, 5.41) is 0. The van der Waals surface area contributed by atoms with Gasteiger partial charge in [0, 0.05) is 18.2 Å². The first kappa shape index (κ1) is 12.7. The van der Waals surface area contributed by atoms with E-state index in [-0.39, 0.29) is 17.0 Å². The van der Waals surface area contributed by atoms with Crippen LogP contribution in [0, 0.1) is 11.2 Å².